The van der Waals surface area contributed by atoms with Gasteiger partial charge in [0.15, 0.2) is 0 Å². The summed E-state index contributed by atoms with van der Waals surface area (Å²) in [5, 5.41) is 15.7. The molecule has 0 aliphatic rings. The average molecular weight is 582 g/mol. The Morgan fingerprint density at radius 3 is 2.14 bits per heavy atom. The number of ether oxygens (including phenoxy) is 1. The molecule has 0 spiro atoms. The van der Waals surface area contributed by atoms with Crippen molar-refractivity contribution in [1.82, 2.24) is 15.5 Å². The van der Waals surface area contributed by atoms with Gasteiger partial charge in [-0.15, -0.1) is 0 Å². The number of unbranched alkanes of at least 4 members (excludes halogenated alkanes) is 3. The molecular weight excluding hydrogens is 530 g/mol. The number of alkyl carbamates (subject to hydrolysis) is 1. The van der Waals surface area contributed by atoms with Crippen LogP contribution in [-0.2, 0) is 20.7 Å². The standard InChI is InChI=1S/C34H51N3O5/c1-10-11-12-13-21-37(29(30(39)36-33(4,5)6)27-16-14-15-23(2)24(27)3)31(40)28(35-32(41)42-34(7,8)9)22-25-17-19-26(38)20-18-25/h14-20,28-29,38H,10-13,21-22H2,1-9H3,(H,35,41)(H,36,39). The van der Waals surface area contributed by atoms with Crippen molar-refractivity contribution in [3.63, 3.8) is 0 Å². The van der Waals surface area contributed by atoms with Gasteiger partial charge in [0.25, 0.3) is 0 Å². The quantitative estimate of drug-likeness (QED) is 0.248. The van der Waals surface area contributed by atoms with Crippen molar-refractivity contribution in [3.05, 3.63) is 64.7 Å². The lowest BCUT2D eigenvalue weighted by Crippen LogP contribution is -2.55. The smallest absolute Gasteiger partial charge is 0.408 e. The molecule has 8 heteroatoms. The van der Waals surface area contributed by atoms with E-state index in [9.17, 15) is 19.5 Å². The van der Waals surface area contributed by atoms with Crippen molar-refractivity contribution in [1.29, 1.82) is 0 Å². The molecule has 3 N–H and O–H groups in total. The minimum Gasteiger partial charge on any atom is -0.508 e. The Balaban J connectivity index is 2.64. The van der Waals surface area contributed by atoms with E-state index in [0.29, 0.717) is 13.0 Å². The van der Waals surface area contributed by atoms with E-state index in [2.05, 4.69) is 17.6 Å². The summed E-state index contributed by atoms with van der Waals surface area (Å²) in [6, 6.07) is 10.4. The van der Waals surface area contributed by atoms with E-state index >= 15 is 0 Å². The molecule has 0 aliphatic heterocycles. The van der Waals surface area contributed by atoms with Crippen LogP contribution >= 0.6 is 0 Å². The maximum Gasteiger partial charge on any atom is 0.408 e. The molecule has 8 nitrogen and oxygen atoms in total. The Labute approximate surface area is 252 Å². The highest BCUT2D eigenvalue weighted by Crippen LogP contribution is 2.29. The summed E-state index contributed by atoms with van der Waals surface area (Å²) in [5.74, 6) is -0.547. The van der Waals surface area contributed by atoms with E-state index in [1.165, 1.54) is 0 Å². The van der Waals surface area contributed by atoms with Gasteiger partial charge in [0.1, 0.15) is 23.4 Å². The van der Waals surface area contributed by atoms with Crippen LogP contribution in [-0.4, -0.2) is 51.6 Å². The SMILES string of the molecule is CCCCCCN(C(=O)C(Cc1ccc(O)cc1)NC(=O)OC(C)(C)C)C(C(=O)NC(C)(C)C)c1cccc(C)c1C. The molecule has 2 unspecified atom stereocenters. The summed E-state index contributed by atoms with van der Waals surface area (Å²) in [7, 11) is 0. The predicted molar refractivity (Wildman–Crippen MR) is 167 cm³/mol. The minimum atomic E-state index is -1.01. The first-order chi connectivity index (χ1) is 19.5. The Morgan fingerprint density at radius 1 is 0.929 bits per heavy atom. The molecule has 0 aromatic heterocycles. The number of phenolic OH excluding ortho intramolecular Hbond substituents is 1. The van der Waals surface area contributed by atoms with E-state index in [1.54, 1.807) is 49.9 Å². The van der Waals surface area contributed by atoms with Gasteiger partial charge < -0.3 is 25.4 Å². The van der Waals surface area contributed by atoms with Gasteiger partial charge in [-0.25, -0.2) is 4.79 Å². The van der Waals surface area contributed by atoms with Crippen molar-refractivity contribution in [2.45, 2.75) is 118 Å². The maximum absolute atomic E-state index is 14.6. The van der Waals surface area contributed by atoms with Crippen molar-refractivity contribution in [2.24, 2.45) is 0 Å². The lowest BCUT2D eigenvalue weighted by Gasteiger charge is -2.37. The number of hydrogen-bond donors (Lipinski definition) is 3. The molecule has 2 aromatic carbocycles. The monoisotopic (exact) mass is 581 g/mol. The van der Waals surface area contributed by atoms with E-state index in [-0.39, 0.29) is 24.0 Å². The first-order valence-corrected chi connectivity index (χ1v) is 15.0. The lowest BCUT2D eigenvalue weighted by molar-refractivity contribution is -0.143. The summed E-state index contributed by atoms with van der Waals surface area (Å²) < 4.78 is 5.52. The van der Waals surface area contributed by atoms with Crippen molar-refractivity contribution in [3.8, 4) is 5.75 Å². The summed E-state index contributed by atoms with van der Waals surface area (Å²) in [5.41, 5.74) is 2.17. The van der Waals surface area contributed by atoms with Gasteiger partial charge in [0.05, 0.1) is 0 Å². The van der Waals surface area contributed by atoms with Crippen LogP contribution in [0.3, 0.4) is 0 Å². The van der Waals surface area contributed by atoms with Gasteiger partial charge in [-0.2, -0.15) is 0 Å². The molecule has 42 heavy (non-hydrogen) atoms. The summed E-state index contributed by atoms with van der Waals surface area (Å²) in [6.07, 6.45) is 3.10. The van der Waals surface area contributed by atoms with Crippen LogP contribution in [0.1, 0.15) is 102 Å². The Morgan fingerprint density at radius 2 is 1.57 bits per heavy atom. The van der Waals surface area contributed by atoms with Gasteiger partial charge in [-0.3, -0.25) is 9.59 Å². The first kappa shape index (κ1) is 34.7. The molecule has 2 rings (SSSR count). The second-order valence-electron chi connectivity index (χ2n) is 13.1. The second kappa shape index (κ2) is 15.1. The predicted octanol–water partition coefficient (Wildman–Crippen LogP) is 6.51. The number of carbonyl (C=O) groups is 3. The van der Waals surface area contributed by atoms with Crippen LogP contribution in [0.2, 0.25) is 0 Å². The number of aryl methyl sites for hydroxylation is 1. The van der Waals surface area contributed by atoms with Gasteiger partial charge in [-0.05, 0) is 96.2 Å². The number of phenols is 1. The number of nitrogens with one attached hydrogen (secondary N) is 2. The molecule has 0 bridgehead atoms. The molecule has 0 fully saturated rings. The van der Waals surface area contributed by atoms with E-state index in [4.69, 9.17) is 4.74 Å². The number of rotatable bonds is 12. The fraction of sp³-hybridized carbons (Fsp3) is 0.559. The molecule has 232 valence electrons. The normalized spacial score (nSPS) is 13.2. The second-order valence-corrected chi connectivity index (χ2v) is 13.1. The van der Waals surface area contributed by atoms with Crippen LogP contribution in [0.5, 0.6) is 5.75 Å². The highest BCUT2D eigenvalue weighted by molar-refractivity contribution is 5.92. The van der Waals surface area contributed by atoms with Gasteiger partial charge in [0, 0.05) is 18.5 Å². The molecule has 3 amide bonds. The molecule has 0 aliphatic carbocycles. The van der Waals surface area contributed by atoms with Crippen molar-refractivity contribution in [2.75, 3.05) is 6.54 Å². The van der Waals surface area contributed by atoms with Crippen LogP contribution in [0.4, 0.5) is 4.79 Å². The van der Waals surface area contributed by atoms with Crippen molar-refractivity contribution >= 4 is 17.9 Å². The van der Waals surface area contributed by atoms with Crippen LogP contribution in [0, 0.1) is 13.8 Å². The highest BCUT2D eigenvalue weighted by atomic mass is 16.6. The van der Waals surface area contributed by atoms with Crippen LogP contribution in [0.25, 0.3) is 0 Å². The molecule has 0 radical (unpaired) electrons. The fourth-order valence-electron chi connectivity index (χ4n) is 4.75. The zero-order chi connectivity index (χ0) is 31.7. The molecule has 2 aromatic rings. The highest BCUT2D eigenvalue weighted by Gasteiger charge is 2.38. The molecule has 2 atom stereocenters. The number of amides is 3. The molecular formula is C34H51N3O5. The summed E-state index contributed by atoms with van der Waals surface area (Å²) in [6.45, 7) is 17.4. The molecule has 0 saturated carbocycles. The number of carbonyl (C=O) groups excluding carboxylic acids is 3. The first-order valence-electron chi connectivity index (χ1n) is 15.0. The zero-order valence-electron chi connectivity index (χ0n) is 27.0. The number of nitrogens with zero attached hydrogens (tertiary/aromatic N) is 1. The fourth-order valence-corrected chi connectivity index (χ4v) is 4.75. The third-order valence-electron chi connectivity index (χ3n) is 6.90. The number of hydrogen-bond acceptors (Lipinski definition) is 5. The average Bonchev–Trinajstić information content (AvgIpc) is 2.86. The Kier molecular flexibility index (Phi) is 12.4. The minimum absolute atomic E-state index is 0.105. The zero-order valence-corrected chi connectivity index (χ0v) is 27.0. The third-order valence-corrected chi connectivity index (χ3v) is 6.90. The molecule has 0 heterocycles. The van der Waals surface area contributed by atoms with E-state index in [0.717, 1.165) is 41.5 Å². The summed E-state index contributed by atoms with van der Waals surface area (Å²) >= 11 is 0. The largest absolute Gasteiger partial charge is 0.508 e. The van der Waals surface area contributed by atoms with E-state index in [1.807, 2.05) is 52.8 Å². The third kappa shape index (κ3) is 11.0. The summed E-state index contributed by atoms with van der Waals surface area (Å²) in [4.78, 5) is 43.2. The van der Waals surface area contributed by atoms with Crippen LogP contribution in [0.15, 0.2) is 42.5 Å². The van der Waals surface area contributed by atoms with Gasteiger partial charge >= 0.3 is 6.09 Å². The van der Waals surface area contributed by atoms with Gasteiger partial charge in [0.2, 0.25) is 11.8 Å². The lowest BCUT2D eigenvalue weighted by atomic mass is 9.93. The maximum atomic E-state index is 14.6. The molecule has 0 saturated heterocycles. The number of benzene rings is 2. The Bertz CT molecular complexity index is 1200. The number of aromatic hydroxyl groups is 1. The van der Waals surface area contributed by atoms with Gasteiger partial charge in [-0.1, -0.05) is 56.5 Å². The Hall–Kier alpha value is -3.55. The van der Waals surface area contributed by atoms with E-state index < -0.39 is 29.3 Å². The van der Waals surface area contributed by atoms with Crippen molar-refractivity contribution < 1.29 is 24.2 Å². The van der Waals surface area contributed by atoms with Crippen LogP contribution < -0.4 is 10.6 Å². The topological polar surface area (TPSA) is 108 Å².